The van der Waals surface area contributed by atoms with Crippen molar-refractivity contribution in [3.8, 4) is 0 Å². The highest BCUT2D eigenvalue weighted by Crippen LogP contribution is 2.24. The SMILES string of the molecule is CC(C)C(O)C(C)(C)CNC(=O)Cn1cnnn1. The van der Waals surface area contributed by atoms with Crippen LogP contribution in [0.4, 0.5) is 0 Å². The largest absolute Gasteiger partial charge is 0.392 e. The fourth-order valence-electron chi connectivity index (χ4n) is 1.79. The van der Waals surface area contributed by atoms with Crippen LogP contribution in [0.2, 0.25) is 0 Å². The third-order valence-electron chi connectivity index (χ3n) is 2.87. The molecule has 1 aromatic heterocycles. The molecule has 1 rings (SSSR count). The van der Waals surface area contributed by atoms with Crippen molar-refractivity contribution in [2.75, 3.05) is 6.54 Å². The highest BCUT2D eigenvalue weighted by Gasteiger charge is 2.30. The molecule has 0 aliphatic heterocycles. The number of aliphatic hydroxyl groups excluding tert-OH is 1. The first kappa shape index (κ1) is 14.6. The Hall–Kier alpha value is -1.50. The molecule has 0 radical (unpaired) electrons. The number of amides is 1. The second-order valence-corrected chi connectivity index (χ2v) is 5.46. The Morgan fingerprint density at radius 2 is 2.17 bits per heavy atom. The van der Waals surface area contributed by atoms with Crippen LogP contribution >= 0.6 is 0 Å². The van der Waals surface area contributed by atoms with Gasteiger partial charge in [0.15, 0.2) is 0 Å². The Labute approximate surface area is 107 Å². The summed E-state index contributed by atoms with van der Waals surface area (Å²) in [5.41, 5.74) is -0.371. The lowest BCUT2D eigenvalue weighted by atomic mass is 9.81. The minimum atomic E-state index is -0.467. The lowest BCUT2D eigenvalue weighted by molar-refractivity contribution is -0.122. The molecule has 102 valence electrons. The number of nitrogens with one attached hydrogen (secondary N) is 1. The van der Waals surface area contributed by atoms with Crippen LogP contribution in [0, 0.1) is 11.3 Å². The third kappa shape index (κ3) is 4.06. The molecular formula is C11H21N5O2. The zero-order valence-electron chi connectivity index (χ0n) is 11.3. The molecule has 0 aliphatic carbocycles. The monoisotopic (exact) mass is 255 g/mol. The zero-order chi connectivity index (χ0) is 13.8. The zero-order valence-corrected chi connectivity index (χ0v) is 11.3. The fraction of sp³-hybridized carbons (Fsp3) is 0.818. The van der Waals surface area contributed by atoms with Crippen LogP contribution in [0.5, 0.6) is 0 Å². The molecule has 0 bridgehead atoms. The standard InChI is InChI=1S/C11H21N5O2/c1-8(2)10(18)11(3,4)6-12-9(17)5-16-7-13-14-15-16/h7-8,10,18H,5-6H2,1-4H3,(H,12,17). The Kier molecular flexibility index (Phi) is 4.77. The van der Waals surface area contributed by atoms with Crippen molar-refractivity contribution in [1.29, 1.82) is 0 Å². The quantitative estimate of drug-likeness (QED) is 0.736. The molecule has 0 saturated heterocycles. The number of carbonyl (C=O) groups is 1. The molecule has 0 spiro atoms. The van der Waals surface area contributed by atoms with Crippen LogP contribution < -0.4 is 5.32 Å². The first-order valence-electron chi connectivity index (χ1n) is 5.98. The molecule has 0 aliphatic rings. The number of carbonyl (C=O) groups excluding carboxylic acids is 1. The number of aromatic nitrogens is 4. The van der Waals surface area contributed by atoms with Crippen molar-refractivity contribution >= 4 is 5.91 Å². The normalized spacial score (nSPS) is 13.7. The van der Waals surface area contributed by atoms with Crippen molar-refractivity contribution in [3.63, 3.8) is 0 Å². The smallest absolute Gasteiger partial charge is 0.241 e. The number of hydrogen-bond donors (Lipinski definition) is 2. The van der Waals surface area contributed by atoms with Crippen LogP contribution in [0.3, 0.4) is 0 Å². The first-order chi connectivity index (χ1) is 8.33. The summed E-state index contributed by atoms with van der Waals surface area (Å²) < 4.78 is 1.35. The number of tetrazole rings is 1. The fourth-order valence-corrected chi connectivity index (χ4v) is 1.79. The molecule has 2 N–H and O–H groups in total. The van der Waals surface area contributed by atoms with E-state index in [1.165, 1.54) is 11.0 Å². The number of rotatable bonds is 6. The molecule has 1 unspecified atom stereocenters. The van der Waals surface area contributed by atoms with Gasteiger partial charge in [0.1, 0.15) is 12.9 Å². The van der Waals surface area contributed by atoms with Crippen molar-refractivity contribution in [2.24, 2.45) is 11.3 Å². The van der Waals surface area contributed by atoms with E-state index in [4.69, 9.17) is 0 Å². The Bertz CT molecular complexity index is 375. The summed E-state index contributed by atoms with van der Waals surface area (Å²) in [5.74, 6) is -0.0252. The molecule has 1 amide bonds. The average molecular weight is 255 g/mol. The van der Waals surface area contributed by atoms with Gasteiger partial charge >= 0.3 is 0 Å². The summed E-state index contributed by atoms with van der Waals surface area (Å²) >= 11 is 0. The molecule has 7 heteroatoms. The Morgan fingerprint density at radius 3 is 2.67 bits per heavy atom. The molecule has 1 aromatic rings. The van der Waals surface area contributed by atoms with Crippen molar-refractivity contribution in [2.45, 2.75) is 40.3 Å². The van der Waals surface area contributed by atoms with Crippen LogP contribution in [-0.2, 0) is 11.3 Å². The minimum absolute atomic E-state index is 0.0842. The van der Waals surface area contributed by atoms with Crippen molar-refractivity contribution < 1.29 is 9.90 Å². The molecule has 1 atom stereocenters. The van der Waals surface area contributed by atoms with E-state index in [2.05, 4.69) is 20.8 Å². The van der Waals surface area contributed by atoms with Crippen LogP contribution in [0.1, 0.15) is 27.7 Å². The summed E-state index contributed by atoms with van der Waals surface area (Å²) in [5, 5.41) is 23.3. The molecule has 1 heterocycles. The lowest BCUT2D eigenvalue weighted by Crippen LogP contribution is -2.44. The van der Waals surface area contributed by atoms with Crippen molar-refractivity contribution in [3.05, 3.63) is 6.33 Å². The van der Waals surface area contributed by atoms with Gasteiger partial charge in [-0.2, -0.15) is 0 Å². The predicted molar refractivity (Wildman–Crippen MR) is 65.5 cm³/mol. The van der Waals surface area contributed by atoms with Gasteiger partial charge in [0.25, 0.3) is 0 Å². The number of nitrogens with zero attached hydrogens (tertiary/aromatic N) is 4. The summed E-state index contributed by atoms with van der Waals surface area (Å²) in [7, 11) is 0. The second-order valence-electron chi connectivity index (χ2n) is 5.46. The van der Waals surface area contributed by atoms with E-state index >= 15 is 0 Å². The van der Waals surface area contributed by atoms with Gasteiger partial charge in [0.05, 0.1) is 6.10 Å². The van der Waals surface area contributed by atoms with Gasteiger partial charge in [-0.1, -0.05) is 27.7 Å². The molecular weight excluding hydrogens is 234 g/mol. The summed E-state index contributed by atoms with van der Waals surface area (Å²) in [6.07, 6.45) is 0.916. The number of aliphatic hydroxyl groups is 1. The van der Waals surface area contributed by atoms with E-state index in [-0.39, 0.29) is 23.8 Å². The van der Waals surface area contributed by atoms with E-state index < -0.39 is 6.10 Å². The maximum absolute atomic E-state index is 11.6. The number of hydrogen-bond acceptors (Lipinski definition) is 5. The first-order valence-corrected chi connectivity index (χ1v) is 5.98. The van der Waals surface area contributed by atoms with E-state index in [9.17, 15) is 9.90 Å². The highest BCUT2D eigenvalue weighted by molar-refractivity contribution is 5.75. The minimum Gasteiger partial charge on any atom is -0.392 e. The molecule has 0 aromatic carbocycles. The van der Waals surface area contributed by atoms with Gasteiger partial charge in [0.2, 0.25) is 5.91 Å². The summed E-state index contributed by atoms with van der Waals surface area (Å²) in [4.78, 5) is 11.6. The van der Waals surface area contributed by atoms with E-state index in [1.807, 2.05) is 27.7 Å². The van der Waals surface area contributed by atoms with Gasteiger partial charge < -0.3 is 10.4 Å². The highest BCUT2D eigenvalue weighted by atomic mass is 16.3. The molecule has 7 nitrogen and oxygen atoms in total. The predicted octanol–water partition coefficient (Wildman–Crippen LogP) is -0.168. The summed E-state index contributed by atoms with van der Waals surface area (Å²) in [6, 6.07) is 0. The Balaban J connectivity index is 2.42. The van der Waals surface area contributed by atoms with E-state index in [0.29, 0.717) is 6.54 Å². The van der Waals surface area contributed by atoms with Gasteiger partial charge in [-0.15, -0.1) is 5.10 Å². The van der Waals surface area contributed by atoms with Crippen LogP contribution in [0.25, 0.3) is 0 Å². The van der Waals surface area contributed by atoms with Gasteiger partial charge in [-0.05, 0) is 16.3 Å². The van der Waals surface area contributed by atoms with Crippen LogP contribution in [0.15, 0.2) is 6.33 Å². The van der Waals surface area contributed by atoms with Gasteiger partial charge in [0, 0.05) is 12.0 Å². The lowest BCUT2D eigenvalue weighted by Gasteiger charge is -2.33. The maximum Gasteiger partial charge on any atom is 0.241 e. The molecule has 18 heavy (non-hydrogen) atoms. The summed E-state index contributed by atoms with van der Waals surface area (Å²) in [6.45, 7) is 8.25. The van der Waals surface area contributed by atoms with Crippen LogP contribution in [-0.4, -0.2) is 43.9 Å². The van der Waals surface area contributed by atoms with E-state index in [1.54, 1.807) is 0 Å². The third-order valence-corrected chi connectivity index (χ3v) is 2.87. The maximum atomic E-state index is 11.6. The van der Waals surface area contributed by atoms with Crippen molar-refractivity contribution in [1.82, 2.24) is 25.5 Å². The molecule has 0 fully saturated rings. The topological polar surface area (TPSA) is 92.9 Å². The van der Waals surface area contributed by atoms with Gasteiger partial charge in [-0.25, -0.2) is 4.68 Å². The van der Waals surface area contributed by atoms with E-state index in [0.717, 1.165) is 0 Å². The molecule has 0 saturated carbocycles. The Morgan fingerprint density at radius 1 is 1.50 bits per heavy atom. The second kappa shape index (κ2) is 5.90. The van der Waals surface area contributed by atoms with Gasteiger partial charge in [-0.3, -0.25) is 4.79 Å². The average Bonchev–Trinajstić information content (AvgIpc) is 2.78.